The van der Waals surface area contributed by atoms with Crippen molar-refractivity contribution in [3.63, 3.8) is 0 Å². The molecule has 27 heavy (non-hydrogen) atoms. The summed E-state index contributed by atoms with van der Waals surface area (Å²) >= 11 is 0. The summed E-state index contributed by atoms with van der Waals surface area (Å²) in [4.78, 5) is 0. The van der Waals surface area contributed by atoms with Crippen LogP contribution in [0.5, 0.6) is 5.75 Å². The Bertz CT molecular complexity index is 547. The molecule has 0 unspecified atom stereocenters. The van der Waals surface area contributed by atoms with Crippen molar-refractivity contribution >= 4 is 10.1 Å². The Morgan fingerprint density at radius 2 is 1.37 bits per heavy atom. The van der Waals surface area contributed by atoms with Gasteiger partial charge in [-0.15, -0.1) is 0 Å². The van der Waals surface area contributed by atoms with Crippen LogP contribution in [0.3, 0.4) is 0 Å². The van der Waals surface area contributed by atoms with E-state index in [1.165, 1.54) is 19.3 Å². The fraction of sp³-hybridized carbons (Fsp3) is 0.700. The maximum absolute atomic E-state index is 11.7. The average molecular weight is 403 g/mol. The van der Waals surface area contributed by atoms with Gasteiger partial charge in [0, 0.05) is 0 Å². The topological polar surface area (TPSA) is 71.1 Å². The Morgan fingerprint density at radius 3 is 2.11 bits per heavy atom. The highest BCUT2D eigenvalue weighted by Gasteiger charge is 2.10. The van der Waals surface area contributed by atoms with E-state index in [0.29, 0.717) is 26.4 Å². The lowest BCUT2D eigenvalue weighted by atomic mass is 10.1. The Hall–Kier alpha value is -1.15. The highest BCUT2D eigenvalue weighted by atomic mass is 32.2. The molecule has 0 aromatic heterocycles. The number of benzene rings is 1. The third-order valence-electron chi connectivity index (χ3n) is 3.85. The van der Waals surface area contributed by atoms with Crippen LogP contribution in [0.2, 0.25) is 0 Å². The zero-order chi connectivity index (χ0) is 19.6. The number of rotatable bonds is 18. The van der Waals surface area contributed by atoms with Crippen molar-refractivity contribution in [1.29, 1.82) is 0 Å². The third kappa shape index (κ3) is 14.6. The predicted octanol–water partition coefficient (Wildman–Crippen LogP) is 3.81. The predicted molar refractivity (Wildman–Crippen MR) is 107 cm³/mol. The fourth-order valence-electron chi connectivity index (χ4n) is 2.35. The summed E-state index contributed by atoms with van der Waals surface area (Å²) in [5.74, 6) is 0.684. The molecule has 1 aromatic carbocycles. The van der Waals surface area contributed by atoms with Crippen molar-refractivity contribution in [1.82, 2.24) is 0 Å². The first-order chi connectivity index (χ1) is 13.1. The second kappa shape index (κ2) is 15.9. The minimum atomic E-state index is -3.50. The number of para-hydroxylation sites is 1. The van der Waals surface area contributed by atoms with Crippen LogP contribution in [0, 0.1) is 0 Å². The monoisotopic (exact) mass is 402 g/mol. The third-order valence-corrected chi connectivity index (χ3v) is 5.04. The van der Waals surface area contributed by atoms with Crippen molar-refractivity contribution in [2.24, 2.45) is 0 Å². The van der Waals surface area contributed by atoms with Crippen LogP contribution in [0.1, 0.15) is 45.4 Å². The number of ether oxygens (including phenoxy) is 3. The molecule has 0 saturated heterocycles. The van der Waals surface area contributed by atoms with Crippen LogP contribution < -0.4 is 4.74 Å². The average Bonchev–Trinajstić information content (AvgIpc) is 2.66. The summed E-state index contributed by atoms with van der Waals surface area (Å²) < 4.78 is 44.6. The Balaban J connectivity index is 1.88. The van der Waals surface area contributed by atoms with Crippen LogP contribution in [-0.4, -0.2) is 53.8 Å². The minimum Gasteiger partial charge on any atom is -0.491 e. The molecule has 0 heterocycles. The molecule has 1 rings (SSSR count). The second-order valence-electron chi connectivity index (χ2n) is 6.24. The molecule has 0 amide bonds. The van der Waals surface area contributed by atoms with E-state index < -0.39 is 10.1 Å². The highest BCUT2D eigenvalue weighted by molar-refractivity contribution is 7.86. The first-order valence-electron chi connectivity index (χ1n) is 9.84. The molecule has 0 radical (unpaired) electrons. The Kier molecular flexibility index (Phi) is 14.0. The molecule has 0 aliphatic rings. The second-order valence-corrected chi connectivity index (χ2v) is 8.00. The van der Waals surface area contributed by atoms with E-state index in [1.54, 1.807) is 0 Å². The lowest BCUT2D eigenvalue weighted by Crippen LogP contribution is -2.17. The van der Waals surface area contributed by atoms with E-state index in [-0.39, 0.29) is 19.0 Å². The summed E-state index contributed by atoms with van der Waals surface area (Å²) in [6.45, 7) is 4.21. The molecule has 156 valence electrons. The van der Waals surface area contributed by atoms with Crippen LogP contribution in [-0.2, 0) is 23.8 Å². The van der Waals surface area contributed by atoms with Gasteiger partial charge in [-0.1, -0.05) is 57.2 Å². The molecule has 0 aliphatic carbocycles. The van der Waals surface area contributed by atoms with Gasteiger partial charge in [-0.3, -0.25) is 4.18 Å². The highest BCUT2D eigenvalue weighted by Crippen LogP contribution is 2.08. The molecular weight excluding hydrogens is 368 g/mol. The molecule has 0 aliphatic heterocycles. The van der Waals surface area contributed by atoms with E-state index in [4.69, 9.17) is 18.4 Å². The van der Waals surface area contributed by atoms with Gasteiger partial charge in [-0.05, 0) is 18.6 Å². The Labute approximate surface area is 164 Å². The first kappa shape index (κ1) is 23.9. The van der Waals surface area contributed by atoms with Gasteiger partial charge in [-0.25, -0.2) is 0 Å². The number of hydrogen-bond donors (Lipinski definition) is 0. The van der Waals surface area contributed by atoms with Crippen LogP contribution in [0.15, 0.2) is 30.3 Å². The zero-order valence-corrected chi connectivity index (χ0v) is 17.3. The van der Waals surface area contributed by atoms with Gasteiger partial charge in [-0.2, -0.15) is 8.42 Å². The molecule has 0 bridgehead atoms. The van der Waals surface area contributed by atoms with Gasteiger partial charge < -0.3 is 14.2 Å². The van der Waals surface area contributed by atoms with Gasteiger partial charge in [0.25, 0.3) is 10.1 Å². The largest absolute Gasteiger partial charge is 0.491 e. The number of hydrogen-bond acceptors (Lipinski definition) is 6. The lowest BCUT2D eigenvalue weighted by Gasteiger charge is -2.08. The Morgan fingerprint density at radius 1 is 0.741 bits per heavy atom. The molecule has 0 atom stereocenters. The minimum absolute atomic E-state index is 0.114. The summed E-state index contributed by atoms with van der Waals surface area (Å²) in [7, 11) is -3.50. The quantitative estimate of drug-likeness (QED) is 0.275. The van der Waals surface area contributed by atoms with Gasteiger partial charge >= 0.3 is 0 Å². The summed E-state index contributed by atoms with van der Waals surface area (Å²) in [5.41, 5.74) is 0. The molecule has 6 nitrogen and oxygen atoms in total. The molecule has 7 heteroatoms. The molecule has 0 saturated carbocycles. The zero-order valence-electron chi connectivity index (χ0n) is 16.4. The molecule has 1 aromatic rings. The van der Waals surface area contributed by atoms with Crippen molar-refractivity contribution in [2.45, 2.75) is 45.4 Å². The molecule has 0 N–H and O–H groups in total. The SMILES string of the molecule is CCCCCCCCOS(=O)(=O)CCOCCOCCOc1ccccc1. The maximum atomic E-state index is 11.7. The lowest BCUT2D eigenvalue weighted by molar-refractivity contribution is 0.0406. The van der Waals surface area contributed by atoms with Gasteiger partial charge in [0.1, 0.15) is 12.4 Å². The van der Waals surface area contributed by atoms with E-state index in [9.17, 15) is 8.42 Å². The van der Waals surface area contributed by atoms with Gasteiger partial charge in [0.2, 0.25) is 0 Å². The van der Waals surface area contributed by atoms with E-state index in [0.717, 1.165) is 25.0 Å². The smallest absolute Gasteiger partial charge is 0.269 e. The maximum Gasteiger partial charge on any atom is 0.269 e. The first-order valence-corrected chi connectivity index (χ1v) is 11.4. The van der Waals surface area contributed by atoms with Crippen LogP contribution in [0.4, 0.5) is 0 Å². The molecule has 0 fully saturated rings. The summed E-state index contributed by atoms with van der Waals surface area (Å²) in [6.07, 6.45) is 6.58. The van der Waals surface area contributed by atoms with Crippen molar-refractivity contribution < 1.29 is 26.8 Å². The van der Waals surface area contributed by atoms with E-state index in [2.05, 4.69) is 6.92 Å². The van der Waals surface area contributed by atoms with Crippen molar-refractivity contribution in [3.8, 4) is 5.75 Å². The molecule has 0 spiro atoms. The summed E-state index contributed by atoms with van der Waals surface area (Å²) in [5, 5.41) is 0. The van der Waals surface area contributed by atoms with Gasteiger partial charge in [0.15, 0.2) is 0 Å². The molecular formula is C20H34O6S. The van der Waals surface area contributed by atoms with Crippen LogP contribution in [0.25, 0.3) is 0 Å². The number of unbranched alkanes of at least 4 members (excludes halogenated alkanes) is 5. The van der Waals surface area contributed by atoms with Crippen LogP contribution >= 0.6 is 0 Å². The van der Waals surface area contributed by atoms with Crippen molar-refractivity contribution in [2.75, 3.05) is 45.4 Å². The van der Waals surface area contributed by atoms with E-state index >= 15 is 0 Å². The van der Waals surface area contributed by atoms with Gasteiger partial charge in [0.05, 0.1) is 38.8 Å². The normalized spacial score (nSPS) is 11.6. The standard InChI is InChI=1S/C20H34O6S/c1-2-3-4-5-6-10-13-26-27(21,22)19-18-24-15-14-23-16-17-25-20-11-8-7-9-12-20/h7-9,11-12H,2-6,10,13-19H2,1H3. The van der Waals surface area contributed by atoms with E-state index in [1.807, 2.05) is 30.3 Å². The fourth-order valence-corrected chi connectivity index (χ4v) is 3.16. The van der Waals surface area contributed by atoms with Crippen molar-refractivity contribution in [3.05, 3.63) is 30.3 Å². The summed E-state index contributed by atoms with van der Waals surface area (Å²) in [6, 6.07) is 9.53.